The summed E-state index contributed by atoms with van der Waals surface area (Å²) in [6.45, 7) is 6.99. The number of fused-ring (bicyclic) bond motifs is 2. The summed E-state index contributed by atoms with van der Waals surface area (Å²) in [6.07, 6.45) is 2.63. The fraction of sp³-hybridized carbons (Fsp3) is 0.333. The van der Waals surface area contributed by atoms with Gasteiger partial charge in [0, 0.05) is 36.4 Å². The number of carboxylic acid groups (broad SMARTS) is 1. The summed E-state index contributed by atoms with van der Waals surface area (Å²) in [6, 6.07) is 11.2. The number of aliphatic hydroxyl groups excluding tert-OH is 2. The van der Waals surface area contributed by atoms with Gasteiger partial charge in [0.1, 0.15) is 34.1 Å². The van der Waals surface area contributed by atoms with Crippen LogP contribution in [0.1, 0.15) is 82.7 Å². The van der Waals surface area contributed by atoms with Crippen LogP contribution in [0.5, 0.6) is 11.8 Å². The number of halogens is 4. The van der Waals surface area contributed by atoms with Gasteiger partial charge in [-0.3, -0.25) is 9.59 Å². The van der Waals surface area contributed by atoms with E-state index in [4.69, 9.17) is 37.4 Å². The molecule has 0 amide bonds. The Morgan fingerprint density at radius 2 is 1.08 bits per heavy atom. The molecule has 0 fully saturated rings. The molecule has 18 heteroatoms. The summed E-state index contributed by atoms with van der Waals surface area (Å²) in [4.78, 5) is 58.9. The van der Waals surface area contributed by atoms with E-state index in [1.807, 2.05) is 27.7 Å². The van der Waals surface area contributed by atoms with E-state index < -0.39 is 52.1 Å². The standard InChI is InChI=1S/C23H24ClFN2O5.C22H22ClFN2O5/c1-12(2)18(11-28)27-10-16(23(30)32-4)20(29)15-9-14(22(31-3)26-21(15)27)8-13-6-5-7-17(24)19(13)25;1-11(2)17(10-27)26-9-15(22(29)30)19(28)14-8-13(21(31-3)25-20(14)26)7-12-5-4-6-16(23)18(12)24/h5-7,9-10,12,18,28H,8,11H2,1-4H3;4-6,8-9,11,17,27H,7,10H2,1-3H3,(H,29,30)/t18-;17-/m01/s1. The zero-order valence-corrected chi connectivity index (χ0v) is 36.9. The molecule has 0 unspecified atom stereocenters. The van der Waals surface area contributed by atoms with Crippen LogP contribution in [0, 0.1) is 23.5 Å². The number of esters is 1. The largest absolute Gasteiger partial charge is 0.481 e. The minimum atomic E-state index is -1.39. The maximum atomic E-state index is 14.5. The smallest absolute Gasteiger partial charge is 0.343 e. The zero-order chi connectivity index (χ0) is 46.4. The van der Waals surface area contributed by atoms with Crippen LogP contribution >= 0.6 is 23.2 Å². The average molecular weight is 912 g/mol. The maximum absolute atomic E-state index is 14.5. The van der Waals surface area contributed by atoms with Crippen LogP contribution in [0.3, 0.4) is 0 Å². The van der Waals surface area contributed by atoms with Crippen molar-refractivity contribution in [1.29, 1.82) is 0 Å². The Kier molecular flexibility index (Phi) is 15.6. The molecule has 6 rings (SSSR count). The zero-order valence-electron chi connectivity index (χ0n) is 35.4. The summed E-state index contributed by atoms with van der Waals surface area (Å²) in [7, 11) is 4.00. The number of hydrogen-bond donors (Lipinski definition) is 3. The number of methoxy groups -OCH3 is 3. The lowest BCUT2D eigenvalue weighted by Gasteiger charge is -2.24. The summed E-state index contributed by atoms with van der Waals surface area (Å²) in [5.74, 6) is -3.13. The van der Waals surface area contributed by atoms with Crippen LogP contribution in [0.15, 0.2) is 70.5 Å². The van der Waals surface area contributed by atoms with E-state index in [-0.39, 0.29) is 92.9 Å². The van der Waals surface area contributed by atoms with Crippen molar-refractivity contribution in [3.8, 4) is 11.8 Å². The molecule has 0 saturated carbocycles. The fourth-order valence-electron chi connectivity index (χ4n) is 7.13. The Bertz CT molecular complexity index is 2810. The first kappa shape index (κ1) is 48.1. The van der Waals surface area contributed by atoms with Crippen LogP contribution in [0.25, 0.3) is 22.1 Å². The highest BCUT2D eigenvalue weighted by Crippen LogP contribution is 2.31. The minimum Gasteiger partial charge on any atom is -0.481 e. The van der Waals surface area contributed by atoms with Gasteiger partial charge in [-0.2, -0.15) is 9.97 Å². The molecule has 3 N–H and O–H groups in total. The highest BCUT2D eigenvalue weighted by molar-refractivity contribution is 6.31. The van der Waals surface area contributed by atoms with Crippen molar-refractivity contribution in [3.05, 3.63) is 136 Å². The molecule has 0 bridgehead atoms. The number of pyridine rings is 4. The summed E-state index contributed by atoms with van der Waals surface area (Å²) in [5.41, 5.74) is -0.103. The Morgan fingerprint density at radius 3 is 1.43 bits per heavy atom. The molecule has 4 aromatic heterocycles. The Labute approximate surface area is 370 Å². The molecule has 6 aromatic rings. The number of aromatic carboxylic acids is 1. The predicted octanol–water partition coefficient (Wildman–Crippen LogP) is 7.44. The van der Waals surface area contributed by atoms with Crippen molar-refractivity contribution in [2.24, 2.45) is 11.8 Å². The van der Waals surface area contributed by atoms with Crippen molar-refractivity contribution < 1.29 is 47.9 Å². The monoisotopic (exact) mass is 910 g/mol. The molecule has 334 valence electrons. The van der Waals surface area contributed by atoms with Gasteiger partial charge in [-0.05, 0) is 47.2 Å². The lowest BCUT2D eigenvalue weighted by molar-refractivity contribution is 0.0596. The number of ether oxygens (including phenoxy) is 3. The molecule has 0 aliphatic rings. The molecule has 4 heterocycles. The topological polar surface area (TPSA) is 192 Å². The Morgan fingerprint density at radius 1 is 0.683 bits per heavy atom. The summed E-state index contributed by atoms with van der Waals surface area (Å²) in [5, 5.41) is 29.5. The normalized spacial score (nSPS) is 12.3. The van der Waals surface area contributed by atoms with Crippen LogP contribution in [0.2, 0.25) is 10.0 Å². The predicted molar refractivity (Wildman–Crippen MR) is 234 cm³/mol. The molecular formula is C45H46Cl2F2N4O10. The number of nitrogens with zero attached hydrogens (tertiary/aromatic N) is 4. The van der Waals surface area contributed by atoms with Crippen LogP contribution < -0.4 is 20.3 Å². The van der Waals surface area contributed by atoms with Gasteiger partial charge in [0.2, 0.25) is 22.6 Å². The van der Waals surface area contributed by atoms with Gasteiger partial charge in [0.25, 0.3) is 0 Å². The third-order valence-corrected chi connectivity index (χ3v) is 11.1. The number of carbonyl (C=O) groups excluding carboxylic acids is 1. The van der Waals surface area contributed by atoms with Gasteiger partial charge >= 0.3 is 11.9 Å². The third-order valence-electron chi connectivity index (χ3n) is 10.6. The van der Waals surface area contributed by atoms with E-state index in [9.17, 15) is 43.3 Å². The lowest BCUT2D eigenvalue weighted by atomic mass is 10.0. The molecule has 0 saturated heterocycles. The van der Waals surface area contributed by atoms with Crippen LogP contribution in [-0.4, -0.2) is 80.9 Å². The van der Waals surface area contributed by atoms with Gasteiger partial charge in [-0.15, -0.1) is 0 Å². The number of hydrogen-bond acceptors (Lipinski definition) is 11. The van der Waals surface area contributed by atoms with Crippen LogP contribution in [0.4, 0.5) is 8.78 Å². The number of carboxylic acids is 1. The molecule has 14 nitrogen and oxygen atoms in total. The molecule has 0 aliphatic carbocycles. The van der Waals surface area contributed by atoms with Crippen molar-refractivity contribution >= 4 is 57.2 Å². The van der Waals surface area contributed by atoms with E-state index in [0.29, 0.717) is 16.7 Å². The number of aromatic nitrogens is 4. The first-order valence-corrected chi connectivity index (χ1v) is 20.3. The maximum Gasteiger partial charge on any atom is 0.343 e. The SMILES string of the molecule is COC(=O)c1cn([C@@H](CO)C(C)C)c2nc(OC)c(Cc3cccc(Cl)c3F)cc2c1=O.COc1nc2c(cc1Cc1cccc(Cl)c1F)c(=O)c(C(=O)O)cn2[C@H](CO)C(C)C. The van der Waals surface area contributed by atoms with Gasteiger partial charge in [-0.25, -0.2) is 18.4 Å². The minimum absolute atomic E-state index is 0.0201. The van der Waals surface area contributed by atoms with E-state index in [1.165, 1.54) is 62.6 Å². The van der Waals surface area contributed by atoms with Gasteiger partial charge in [0.15, 0.2) is 0 Å². The van der Waals surface area contributed by atoms with Crippen molar-refractivity contribution in [2.75, 3.05) is 34.5 Å². The molecule has 63 heavy (non-hydrogen) atoms. The van der Waals surface area contributed by atoms with E-state index in [0.717, 1.165) is 0 Å². The highest BCUT2D eigenvalue weighted by Gasteiger charge is 2.26. The summed E-state index contributed by atoms with van der Waals surface area (Å²) >= 11 is 11.8. The molecule has 0 radical (unpaired) electrons. The van der Waals surface area contributed by atoms with E-state index in [1.54, 1.807) is 28.8 Å². The van der Waals surface area contributed by atoms with Crippen molar-refractivity contribution in [1.82, 2.24) is 19.1 Å². The van der Waals surface area contributed by atoms with Crippen LogP contribution in [-0.2, 0) is 17.6 Å². The fourth-order valence-corrected chi connectivity index (χ4v) is 7.52. The molecule has 2 aromatic carbocycles. The number of rotatable bonds is 14. The molecule has 2 atom stereocenters. The Hall–Kier alpha value is -5.94. The average Bonchev–Trinajstić information content (AvgIpc) is 3.25. The molecule has 0 spiro atoms. The second-order valence-electron chi connectivity index (χ2n) is 15.2. The van der Waals surface area contributed by atoms with E-state index in [2.05, 4.69) is 9.97 Å². The number of aliphatic hydroxyl groups is 2. The third kappa shape index (κ3) is 9.99. The highest BCUT2D eigenvalue weighted by atomic mass is 35.5. The number of benzene rings is 2. The van der Waals surface area contributed by atoms with Crippen molar-refractivity contribution in [2.45, 2.75) is 52.6 Å². The Balaban J connectivity index is 0.000000238. The quantitative estimate of drug-likeness (QED) is 0.0917. The first-order chi connectivity index (χ1) is 29.9. The second kappa shape index (κ2) is 20.5. The lowest BCUT2D eigenvalue weighted by Crippen LogP contribution is -2.26. The van der Waals surface area contributed by atoms with Crippen molar-refractivity contribution in [3.63, 3.8) is 0 Å². The van der Waals surface area contributed by atoms with Gasteiger partial charge in [-0.1, -0.05) is 75.2 Å². The summed E-state index contributed by atoms with van der Waals surface area (Å²) < 4.78 is 47.6. The molecule has 0 aliphatic heterocycles. The second-order valence-corrected chi connectivity index (χ2v) is 16.0. The number of carbonyl (C=O) groups is 2. The first-order valence-electron chi connectivity index (χ1n) is 19.6. The molecular weight excluding hydrogens is 865 g/mol. The van der Waals surface area contributed by atoms with E-state index >= 15 is 0 Å². The van der Waals surface area contributed by atoms with Gasteiger partial charge in [0.05, 0.1) is 67.4 Å². The van der Waals surface area contributed by atoms with Gasteiger partial charge < -0.3 is 38.7 Å².